The van der Waals surface area contributed by atoms with E-state index in [1.807, 2.05) is 17.0 Å². The van der Waals surface area contributed by atoms with Crippen molar-refractivity contribution in [3.63, 3.8) is 0 Å². The minimum absolute atomic E-state index is 0.00789. The van der Waals surface area contributed by atoms with E-state index in [2.05, 4.69) is 17.1 Å². The molecule has 138 valence electrons. The molecule has 1 aromatic heterocycles. The summed E-state index contributed by atoms with van der Waals surface area (Å²) in [7, 11) is 0. The topological polar surface area (TPSA) is 62.4 Å². The summed E-state index contributed by atoms with van der Waals surface area (Å²) in [5.74, 6) is 0.570. The summed E-state index contributed by atoms with van der Waals surface area (Å²) >= 11 is 0. The fourth-order valence-electron chi connectivity index (χ4n) is 3.63. The molecule has 1 N–H and O–H groups in total. The molecule has 0 fully saturated rings. The number of H-pyrrole nitrogens is 1. The van der Waals surface area contributed by atoms with Gasteiger partial charge in [-0.25, -0.2) is 0 Å². The minimum Gasteiger partial charge on any atom is -0.481 e. The zero-order chi connectivity index (χ0) is 19.0. The third-order valence-electron chi connectivity index (χ3n) is 5.12. The van der Waals surface area contributed by atoms with Crippen molar-refractivity contribution in [2.24, 2.45) is 0 Å². The number of fused-ring (bicyclic) bond motifs is 3. The first-order valence-corrected chi connectivity index (χ1v) is 9.18. The van der Waals surface area contributed by atoms with Gasteiger partial charge in [-0.05, 0) is 44.2 Å². The van der Waals surface area contributed by atoms with Gasteiger partial charge in [0.25, 0.3) is 5.91 Å². The van der Waals surface area contributed by atoms with Crippen molar-refractivity contribution in [1.29, 1.82) is 0 Å². The molecule has 1 aliphatic rings. The normalized spacial score (nSPS) is 14.7. The third kappa shape index (κ3) is 3.33. The second kappa shape index (κ2) is 6.91. The number of amides is 1. The molecular formula is C22H22N2O3. The van der Waals surface area contributed by atoms with Gasteiger partial charge in [-0.3, -0.25) is 9.59 Å². The number of rotatable bonds is 4. The maximum absolute atomic E-state index is 12.9. The predicted octanol–water partition coefficient (Wildman–Crippen LogP) is 3.72. The molecule has 1 amide bonds. The molecular weight excluding hydrogens is 340 g/mol. The summed E-state index contributed by atoms with van der Waals surface area (Å²) in [6, 6.07) is 15.1. The molecule has 2 heterocycles. The van der Waals surface area contributed by atoms with Crippen molar-refractivity contribution in [2.45, 2.75) is 32.9 Å². The second-order valence-electron chi connectivity index (χ2n) is 6.98. The van der Waals surface area contributed by atoms with E-state index in [-0.39, 0.29) is 11.7 Å². The molecule has 3 aromatic rings. The van der Waals surface area contributed by atoms with Gasteiger partial charge in [0.2, 0.25) is 0 Å². The Morgan fingerprint density at radius 2 is 1.85 bits per heavy atom. The van der Waals surface area contributed by atoms with Crippen LogP contribution in [0.25, 0.3) is 10.9 Å². The molecule has 4 rings (SSSR count). The molecule has 1 aliphatic heterocycles. The van der Waals surface area contributed by atoms with Crippen molar-refractivity contribution in [1.82, 2.24) is 9.88 Å². The Labute approximate surface area is 157 Å². The highest BCUT2D eigenvalue weighted by atomic mass is 16.5. The molecule has 5 heteroatoms. The highest BCUT2D eigenvalue weighted by molar-refractivity contribution is 5.94. The molecule has 0 bridgehead atoms. The van der Waals surface area contributed by atoms with Crippen LogP contribution in [0.15, 0.2) is 48.5 Å². The van der Waals surface area contributed by atoms with Gasteiger partial charge in [0.15, 0.2) is 11.9 Å². The Kier molecular flexibility index (Phi) is 4.44. The van der Waals surface area contributed by atoms with Gasteiger partial charge in [0.1, 0.15) is 5.75 Å². The fraction of sp³-hybridized carbons (Fsp3) is 0.273. The van der Waals surface area contributed by atoms with Crippen molar-refractivity contribution in [3.8, 4) is 5.75 Å². The Morgan fingerprint density at radius 3 is 2.59 bits per heavy atom. The van der Waals surface area contributed by atoms with E-state index in [0.29, 0.717) is 24.4 Å². The molecule has 0 spiro atoms. The number of ketones is 1. The van der Waals surface area contributed by atoms with E-state index in [0.717, 1.165) is 11.9 Å². The van der Waals surface area contributed by atoms with Crippen LogP contribution in [-0.4, -0.2) is 34.2 Å². The smallest absolute Gasteiger partial charge is 0.263 e. The van der Waals surface area contributed by atoms with E-state index < -0.39 is 6.10 Å². The first-order valence-electron chi connectivity index (χ1n) is 9.18. The molecule has 2 aromatic carbocycles. The Bertz CT molecular complexity index is 1000. The van der Waals surface area contributed by atoms with Crippen molar-refractivity contribution in [3.05, 3.63) is 65.4 Å². The third-order valence-corrected chi connectivity index (χ3v) is 5.12. The summed E-state index contributed by atoms with van der Waals surface area (Å²) in [4.78, 5) is 29.6. The molecule has 0 radical (unpaired) electrons. The number of hydrogen-bond acceptors (Lipinski definition) is 3. The van der Waals surface area contributed by atoms with E-state index in [4.69, 9.17) is 4.74 Å². The summed E-state index contributed by atoms with van der Waals surface area (Å²) < 4.78 is 5.81. The van der Waals surface area contributed by atoms with Crippen LogP contribution in [-0.2, 0) is 17.8 Å². The SMILES string of the molecule is CC(=O)c1ccc(O[C@@H](C)C(=O)N2CCc3[nH]c4ccccc4c3C2)cc1. The van der Waals surface area contributed by atoms with E-state index in [1.165, 1.54) is 23.6 Å². The Balaban J connectivity index is 1.47. The highest BCUT2D eigenvalue weighted by Crippen LogP contribution is 2.28. The predicted molar refractivity (Wildman–Crippen MR) is 104 cm³/mol. The lowest BCUT2D eigenvalue weighted by atomic mass is 10.0. The standard InChI is InChI=1S/C22H22N2O3/c1-14(25)16-7-9-17(10-8-16)27-15(2)22(26)24-12-11-21-19(13-24)18-5-3-4-6-20(18)23-21/h3-10,15,23H,11-13H2,1-2H3/t15-/m0/s1. The highest BCUT2D eigenvalue weighted by Gasteiger charge is 2.27. The second-order valence-corrected chi connectivity index (χ2v) is 6.98. The zero-order valence-corrected chi connectivity index (χ0v) is 15.5. The average Bonchev–Trinajstić information content (AvgIpc) is 3.05. The van der Waals surface area contributed by atoms with Gasteiger partial charge in [0, 0.05) is 47.2 Å². The van der Waals surface area contributed by atoms with Crippen LogP contribution in [0.3, 0.4) is 0 Å². The van der Waals surface area contributed by atoms with Gasteiger partial charge >= 0.3 is 0 Å². The van der Waals surface area contributed by atoms with Crippen LogP contribution in [0, 0.1) is 0 Å². The van der Waals surface area contributed by atoms with Gasteiger partial charge in [-0.2, -0.15) is 0 Å². The van der Waals surface area contributed by atoms with Crippen molar-refractivity contribution in [2.75, 3.05) is 6.54 Å². The monoisotopic (exact) mass is 362 g/mol. The Morgan fingerprint density at radius 1 is 1.11 bits per heavy atom. The van der Waals surface area contributed by atoms with Gasteiger partial charge in [-0.1, -0.05) is 18.2 Å². The van der Waals surface area contributed by atoms with Gasteiger partial charge < -0.3 is 14.6 Å². The van der Waals surface area contributed by atoms with E-state index in [1.54, 1.807) is 31.2 Å². The number of para-hydroxylation sites is 1. The van der Waals surface area contributed by atoms with Crippen LogP contribution < -0.4 is 4.74 Å². The van der Waals surface area contributed by atoms with E-state index >= 15 is 0 Å². The van der Waals surface area contributed by atoms with Gasteiger partial charge in [-0.15, -0.1) is 0 Å². The summed E-state index contributed by atoms with van der Waals surface area (Å²) in [5, 5.41) is 1.18. The lowest BCUT2D eigenvalue weighted by Crippen LogP contribution is -2.43. The largest absolute Gasteiger partial charge is 0.481 e. The number of carbonyl (C=O) groups is 2. The molecule has 0 saturated carbocycles. The number of benzene rings is 2. The summed E-state index contributed by atoms with van der Waals surface area (Å²) in [6.07, 6.45) is 0.232. The van der Waals surface area contributed by atoms with Crippen LogP contribution in [0.5, 0.6) is 5.75 Å². The molecule has 5 nitrogen and oxygen atoms in total. The number of Topliss-reactive ketones (excluding diaryl/α,β-unsaturated/α-hetero) is 1. The summed E-state index contributed by atoms with van der Waals surface area (Å²) in [5.41, 5.74) is 4.16. The van der Waals surface area contributed by atoms with Gasteiger partial charge in [0.05, 0.1) is 0 Å². The Hall–Kier alpha value is -3.08. The molecule has 0 aliphatic carbocycles. The average molecular weight is 362 g/mol. The maximum Gasteiger partial charge on any atom is 0.263 e. The zero-order valence-electron chi connectivity index (χ0n) is 15.5. The van der Waals surface area contributed by atoms with Crippen molar-refractivity contribution >= 4 is 22.6 Å². The lowest BCUT2D eigenvalue weighted by molar-refractivity contribution is -0.138. The minimum atomic E-state index is -0.583. The van der Waals surface area contributed by atoms with Crippen LogP contribution in [0.1, 0.15) is 35.5 Å². The number of nitrogens with zero attached hydrogens (tertiary/aromatic N) is 1. The number of carbonyl (C=O) groups excluding carboxylic acids is 2. The van der Waals surface area contributed by atoms with Crippen molar-refractivity contribution < 1.29 is 14.3 Å². The number of nitrogens with one attached hydrogen (secondary N) is 1. The quantitative estimate of drug-likeness (QED) is 0.720. The molecule has 1 atom stereocenters. The van der Waals surface area contributed by atoms with Crippen LogP contribution in [0.4, 0.5) is 0 Å². The first-order chi connectivity index (χ1) is 13.0. The van der Waals surface area contributed by atoms with Crippen LogP contribution in [0.2, 0.25) is 0 Å². The molecule has 27 heavy (non-hydrogen) atoms. The molecule has 0 unspecified atom stereocenters. The fourth-order valence-corrected chi connectivity index (χ4v) is 3.63. The number of hydrogen-bond donors (Lipinski definition) is 1. The molecule has 0 saturated heterocycles. The van der Waals surface area contributed by atoms with E-state index in [9.17, 15) is 9.59 Å². The first kappa shape index (κ1) is 17.3. The number of ether oxygens (including phenoxy) is 1. The van der Waals surface area contributed by atoms with Crippen LogP contribution >= 0.6 is 0 Å². The lowest BCUT2D eigenvalue weighted by Gasteiger charge is -2.29. The number of aromatic nitrogens is 1. The number of aromatic amines is 1. The summed E-state index contributed by atoms with van der Waals surface area (Å²) in [6.45, 7) is 4.56. The maximum atomic E-state index is 12.9.